The molecule has 1 amide bonds. The predicted octanol–water partition coefficient (Wildman–Crippen LogP) is 2.63. The first-order valence-corrected chi connectivity index (χ1v) is 8.44. The Morgan fingerprint density at radius 3 is 2.96 bits per heavy atom. The van der Waals surface area contributed by atoms with Crippen molar-refractivity contribution < 1.29 is 14.1 Å². The van der Waals surface area contributed by atoms with E-state index in [0.717, 1.165) is 32.2 Å². The normalized spacial score (nSPS) is 17.2. The Hall–Kier alpha value is -2.37. The van der Waals surface area contributed by atoms with Gasteiger partial charge in [0, 0.05) is 43.9 Å². The maximum absolute atomic E-state index is 12.5. The van der Waals surface area contributed by atoms with Crippen LogP contribution in [0.1, 0.15) is 37.0 Å². The molecule has 0 spiro atoms. The molecule has 0 bridgehead atoms. The molecule has 2 aromatic rings. The van der Waals surface area contributed by atoms with Crippen molar-refractivity contribution in [3.05, 3.63) is 41.9 Å². The van der Waals surface area contributed by atoms with E-state index in [0.29, 0.717) is 30.5 Å². The smallest absolute Gasteiger partial charge is 0.254 e. The number of methoxy groups -OCH3 is 1. The van der Waals surface area contributed by atoms with Gasteiger partial charge in [0.05, 0.1) is 7.11 Å². The zero-order chi connectivity index (χ0) is 16.8. The van der Waals surface area contributed by atoms with Crippen LogP contribution in [0.5, 0.6) is 5.88 Å². The number of likely N-dealkylation sites (tertiary alicyclic amines) is 1. The second kappa shape index (κ2) is 7.95. The minimum absolute atomic E-state index is 0.197. The molecule has 1 aliphatic rings. The number of hydrogen-bond acceptors (Lipinski definition) is 5. The van der Waals surface area contributed by atoms with Crippen LogP contribution in [0, 0.1) is 0 Å². The first kappa shape index (κ1) is 16.5. The molecule has 0 aromatic carbocycles. The lowest BCUT2D eigenvalue weighted by atomic mass is 10.0. The summed E-state index contributed by atoms with van der Waals surface area (Å²) >= 11 is 0. The van der Waals surface area contributed by atoms with E-state index in [4.69, 9.17) is 9.26 Å². The van der Waals surface area contributed by atoms with Gasteiger partial charge in [-0.25, -0.2) is 0 Å². The van der Waals surface area contributed by atoms with Crippen molar-refractivity contribution in [1.82, 2.24) is 15.0 Å². The van der Waals surface area contributed by atoms with Crippen LogP contribution in [0.15, 0.2) is 35.1 Å². The molecule has 0 saturated carbocycles. The highest BCUT2D eigenvalue weighted by Crippen LogP contribution is 2.23. The Kier molecular flexibility index (Phi) is 5.46. The van der Waals surface area contributed by atoms with Crippen molar-refractivity contribution in [3.8, 4) is 5.88 Å². The Bertz CT molecular complexity index is 657. The summed E-state index contributed by atoms with van der Waals surface area (Å²) in [5.41, 5.74) is 1.28. The van der Waals surface area contributed by atoms with E-state index in [9.17, 15) is 4.79 Å². The fourth-order valence-electron chi connectivity index (χ4n) is 3.23. The second-order valence-corrected chi connectivity index (χ2v) is 6.11. The summed E-state index contributed by atoms with van der Waals surface area (Å²) in [6.07, 6.45) is 8.81. The van der Waals surface area contributed by atoms with Gasteiger partial charge in [-0.05, 0) is 48.5 Å². The number of carbonyl (C=O) groups is 1. The van der Waals surface area contributed by atoms with Gasteiger partial charge in [0.15, 0.2) is 0 Å². The second-order valence-electron chi connectivity index (χ2n) is 6.11. The van der Waals surface area contributed by atoms with Crippen molar-refractivity contribution in [2.24, 2.45) is 0 Å². The van der Waals surface area contributed by atoms with E-state index >= 15 is 0 Å². The van der Waals surface area contributed by atoms with E-state index in [-0.39, 0.29) is 5.91 Å². The van der Waals surface area contributed by atoms with Crippen molar-refractivity contribution >= 4 is 5.91 Å². The minimum Gasteiger partial charge on any atom is -0.479 e. The van der Waals surface area contributed by atoms with Crippen molar-refractivity contribution in [2.75, 3.05) is 13.7 Å². The van der Waals surface area contributed by atoms with Gasteiger partial charge in [-0.1, -0.05) is 0 Å². The number of pyridine rings is 1. The molecule has 128 valence electrons. The number of rotatable bonds is 7. The minimum atomic E-state index is 0.197. The van der Waals surface area contributed by atoms with Crippen LogP contribution >= 0.6 is 0 Å². The van der Waals surface area contributed by atoms with Crippen molar-refractivity contribution in [2.45, 2.75) is 44.6 Å². The maximum atomic E-state index is 12.5. The highest BCUT2D eigenvalue weighted by Gasteiger charge is 2.28. The number of amides is 1. The average molecular weight is 329 g/mol. The van der Waals surface area contributed by atoms with Crippen LogP contribution in [0.3, 0.4) is 0 Å². The summed E-state index contributed by atoms with van der Waals surface area (Å²) in [7, 11) is 1.55. The summed E-state index contributed by atoms with van der Waals surface area (Å²) in [6.45, 7) is 0.861. The molecular weight excluding hydrogens is 306 g/mol. The molecule has 2 aromatic heterocycles. The van der Waals surface area contributed by atoms with Gasteiger partial charge in [0.25, 0.3) is 5.88 Å². The largest absolute Gasteiger partial charge is 0.479 e. The third-order valence-electron chi connectivity index (χ3n) is 4.54. The van der Waals surface area contributed by atoms with Crippen LogP contribution in [-0.4, -0.2) is 40.6 Å². The quantitative estimate of drug-likeness (QED) is 0.781. The summed E-state index contributed by atoms with van der Waals surface area (Å²) in [5, 5.41) is 3.76. The van der Waals surface area contributed by atoms with E-state index in [2.05, 4.69) is 10.1 Å². The first-order valence-electron chi connectivity index (χ1n) is 8.44. The molecule has 3 rings (SSSR count). The Morgan fingerprint density at radius 2 is 2.21 bits per heavy atom. The fraction of sp³-hybridized carbons (Fsp3) is 0.500. The lowest BCUT2D eigenvalue weighted by Gasteiger charge is -2.24. The van der Waals surface area contributed by atoms with Crippen LogP contribution in [0.4, 0.5) is 0 Å². The number of nitrogens with zero attached hydrogens (tertiary/aromatic N) is 3. The van der Waals surface area contributed by atoms with Crippen LogP contribution in [0.25, 0.3) is 0 Å². The highest BCUT2D eigenvalue weighted by molar-refractivity contribution is 5.77. The number of ether oxygens (including phenoxy) is 1. The molecule has 1 saturated heterocycles. The zero-order valence-corrected chi connectivity index (χ0v) is 14.0. The molecule has 24 heavy (non-hydrogen) atoms. The first-order chi connectivity index (χ1) is 11.8. The molecule has 6 nitrogen and oxygen atoms in total. The number of aryl methyl sites for hydroxylation is 2. The van der Waals surface area contributed by atoms with Gasteiger partial charge in [-0.3, -0.25) is 9.78 Å². The van der Waals surface area contributed by atoms with Gasteiger partial charge in [0.1, 0.15) is 5.76 Å². The Balaban J connectivity index is 1.49. The van der Waals surface area contributed by atoms with Gasteiger partial charge in [-0.2, -0.15) is 0 Å². The lowest BCUT2D eigenvalue weighted by Crippen LogP contribution is -2.35. The predicted molar refractivity (Wildman–Crippen MR) is 88.7 cm³/mol. The lowest BCUT2D eigenvalue weighted by molar-refractivity contribution is -0.132. The van der Waals surface area contributed by atoms with Gasteiger partial charge in [0.2, 0.25) is 5.91 Å². The van der Waals surface area contributed by atoms with E-state index in [1.807, 2.05) is 29.4 Å². The van der Waals surface area contributed by atoms with E-state index < -0.39 is 0 Å². The van der Waals surface area contributed by atoms with Gasteiger partial charge in [-0.15, -0.1) is 0 Å². The highest BCUT2D eigenvalue weighted by atomic mass is 16.5. The van der Waals surface area contributed by atoms with Crippen LogP contribution < -0.4 is 4.74 Å². The summed E-state index contributed by atoms with van der Waals surface area (Å²) in [4.78, 5) is 18.6. The number of carbonyl (C=O) groups excluding carboxylic acids is 1. The van der Waals surface area contributed by atoms with Gasteiger partial charge >= 0.3 is 0 Å². The monoisotopic (exact) mass is 329 g/mol. The van der Waals surface area contributed by atoms with E-state index in [1.54, 1.807) is 13.2 Å². The molecule has 0 N–H and O–H groups in total. The summed E-state index contributed by atoms with van der Waals surface area (Å²) in [6, 6.07) is 6.16. The fourth-order valence-corrected chi connectivity index (χ4v) is 3.23. The summed E-state index contributed by atoms with van der Waals surface area (Å²) < 4.78 is 10.1. The summed E-state index contributed by atoms with van der Waals surface area (Å²) in [5.74, 6) is 1.34. The Morgan fingerprint density at radius 1 is 1.38 bits per heavy atom. The molecule has 1 fully saturated rings. The maximum Gasteiger partial charge on any atom is 0.254 e. The topological polar surface area (TPSA) is 68.5 Å². The molecule has 0 aliphatic carbocycles. The zero-order valence-electron chi connectivity index (χ0n) is 14.0. The molecule has 1 unspecified atom stereocenters. The van der Waals surface area contributed by atoms with Crippen molar-refractivity contribution in [1.29, 1.82) is 0 Å². The third kappa shape index (κ3) is 4.13. The molecule has 6 heteroatoms. The standard InChI is InChI=1S/C18H23N3O3/c1-23-17-13-16(24-20-17)6-7-18(22)21-12-2-3-15(21)5-4-14-8-10-19-11-9-14/h8-11,13,15H,2-7,12H2,1H3. The Labute approximate surface area is 141 Å². The average Bonchev–Trinajstić information content (AvgIpc) is 3.28. The molecule has 1 aliphatic heterocycles. The number of aromatic nitrogens is 2. The third-order valence-corrected chi connectivity index (χ3v) is 4.54. The number of hydrogen-bond donors (Lipinski definition) is 0. The van der Waals surface area contributed by atoms with E-state index in [1.165, 1.54) is 5.56 Å². The molecular formula is C18H23N3O3. The van der Waals surface area contributed by atoms with Crippen LogP contribution in [0.2, 0.25) is 0 Å². The van der Waals surface area contributed by atoms with Crippen LogP contribution in [-0.2, 0) is 17.6 Å². The molecule has 1 atom stereocenters. The molecule has 0 radical (unpaired) electrons. The SMILES string of the molecule is COc1cc(CCC(=O)N2CCCC2CCc2ccncc2)on1. The van der Waals surface area contributed by atoms with Crippen molar-refractivity contribution in [3.63, 3.8) is 0 Å². The molecule has 3 heterocycles. The van der Waals surface area contributed by atoms with Gasteiger partial charge < -0.3 is 14.2 Å².